The lowest BCUT2D eigenvalue weighted by molar-refractivity contribution is -0.0479. The fourth-order valence-corrected chi connectivity index (χ4v) is 2.51. The number of aliphatic hydroxyl groups is 1. The molecule has 1 aliphatic rings. The van der Waals surface area contributed by atoms with Gasteiger partial charge in [0.1, 0.15) is 5.60 Å². The van der Waals surface area contributed by atoms with E-state index in [1.807, 2.05) is 27.7 Å². The van der Waals surface area contributed by atoms with E-state index in [0.717, 1.165) is 12.8 Å². The Bertz CT molecular complexity index is 308. The van der Waals surface area contributed by atoms with Gasteiger partial charge in [0.05, 0.1) is 5.60 Å². The van der Waals surface area contributed by atoms with Crippen molar-refractivity contribution in [1.29, 1.82) is 0 Å². The average Bonchev–Trinajstić information content (AvgIpc) is 2.36. The third-order valence-electron chi connectivity index (χ3n) is 3.80. The third kappa shape index (κ3) is 4.35. The minimum absolute atomic E-state index is 0.0313. The first kappa shape index (κ1) is 16.2. The van der Waals surface area contributed by atoms with Gasteiger partial charge < -0.3 is 20.5 Å². The van der Waals surface area contributed by atoms with Gasteiger partial charge in [-0.15, -0.1) is 0 Å². The van der Waals surface area contributed by atoms with Crippen LogP contribution in [0.25, 0.3) is 0 Å². The average molecular weight is 272 g/mol. The van der Waals surface area contributed by atoms with Crippen LogP contribution in [0.2, 0.25) is 0 Å². The van der Waals surface area contributed by atoms with Crippen LogP contribution in [-0.2, 0) is 4.74 Å². The van der Waals surface area contributed by atoms with Crippen molar-refractivity contribution >= 4 is 6.09 Å². The van der Waals surface area contributed by atoms with E-state index in [-0.39, 0.29) is 18.6 Å². The van der Waals surface area contributed by atoms with E-state index in [4.69, 9.17) is 10.5 Å². The highest BCUT2D eigenvalue weighted by molar-refractivity contribution is 5.68. The summed E-state index contributed by atoms with van der Waals surface area (Å²) in [6.07, 6.45) is 2.09. The van der Waals surface area contributed by atoms with Gasteiger partial charge in [-0.3, -0.25) is 0 Å². The van der Waals surface area contributed by atoms with Gasteiger partial charge in [0, 0.05) is 25.6 Å². The first-order valence-electron chi connectivity index (χ1n) is 7.12. The first-order valence-corrected chi connectivity index (χ1v) is 7.12. The fraction of sp³-hybridized carbons (Fsp3) is 0.929. The van der Waals surface area contributed by atoms with Crippen molar-refractivity contribution in [2.75, 3.05) is 19.6 Å². The van der Waals surface area contributed by atoms with Gasteiger partial charge in [-0.05, 0) is 40.0 Å². The van der Waals surface area contributed by atoms with Crippen LogP contribution in [0, 0.1) is 5.92 Å². The summed E-state index contributed by atoms with van der Waals surface area (Å²) >= 11 is 0. The number of piperidine rings is 1. The smallest absolute Gasteiger partial charge is 0.410 e. The van der Waals surface area contributed by atoms with Gasteiger partial charge in [-0.2, -0.15) is 0 Å². The Kier molecular flexibility index (Phi) is 5.21. The molecule has 0 aromatic heterocycles. The Morgan fingerprint density at radius 1 is 1.47 bits per heavy atom. The SMILES string of the molecule is CC[C@@](O)(CN)[C@@H]1CCCN(C(=O)OC(C)(C)C)C1. The molecule has 0 saturated carbocycles. The second-order valence-electron chi connectivity index (χ2n) is 6.43. The van der Waals surface area contributed by atoms with Crippen molar-refractivity contribution in [3.63, 3.8) is 0 Å². The molecule has 1 heterocycles. The number of carbonyl (C=O) groups is 1. The van der Waals surface area contributed by atoms with E-state index in [0.29, 0.717) is 19.5 Å². The Hall–Kier alpha value is -0.810. The summed E-state index contributed by atoms with van der Waals surface area (Å²) < 4.78 is 5.38. The fourth-order valence-electron chi connectivity index (χ4n) is 2.51. The van der Waals surface area contributed by atoms with Crippen LogP contribution in [0.4, 0.5) is 4.79 Å². The van der Waals surface area contributed by atoms with Crippen LogP contribution < -0.4 is 5.73 Å². The van der Waals surface area contributed by atoms with E-state index < -0.39 is 11.2 Å². The molecule has 5 nitrogen and oxygen atoms in total. The summed E-state index contributed by atoms with van der Waals surface area (Å²) in [7, 11) is 0. The van der Waals surface area contributed by atoms with Crippen molar-refractivity contribution in [1.82, 2.24) is 4.90 Å². The Morgan fingerprint density at radius 3 is 2.58 bits per heavy atom. The predicted octanol–water partition coefficient (Wildman–Crippen LogP) is 1.73. The molecule has 0 spiro atoms. The predicted molar refractivity (Wildman–Crippen MR) is 74.8 cm³/mol. The Labute approximate surface area is 116 Å². The lowest BCUT2D eigenvalue weighted by Gasteiger charge is -2.41. The molecule has 0 aromatic rings. The molecule has 0 unspecified atom stereocenters. The minimum atomic E-state index is -0.874. The van der Waals surface area contributed by atoms with Crippen LogP contribution in [0.1, 0.15) is 47.0 Å². The molecule has 1 fully saturated rings. The number of likely N-dealkylation sites (tertiary alicyclic amines) is 1. The summed E-state index contributed by atoms with van der Waals surface area (Å²) in [6, 6.07) is 0. The summed E-state index contributed by atoms with van der Waals surface area (Å²) in [5.41, 5.74) is 4.33. The van der Waals surface area contributed by atoms with E-state index in [9.17, 15) is 9.90 Å². The monoisotopic (exact) mass is 272 g/mol. The molecule has 5 heteroatoms. The van der Waals surface area contributed by atoms with E-state index >= 15 is 0 Å². The second-order valence-corrected chi connectivity index (χ2v) is 6.43. The van der Waals surface area contributed by atoms with Gasteiger partial charge in [-0.25, -0.2) is 4.79 Å². The molecule has 0 bridgehead atoms. The molecule has 1 aliphatic heterocycles. The normalized spacial score (nSPS) is 23.9. The quantitative estimate of drug-likeness (QED) is 0.820. The van der Waals surface area contributed by atoms with Gasteiger partial charge in [0.2, 0.25) is 0 Å². The van der Waals surface area contributed by atoms with Crippen LogP contribution in [0.15, 0.2) is 0 Å². The van der Waals surface area contributed by atoms with Crippen molar-refractivity contribution in [2.45, 2.75) is 58.2 Å². The van der Waals surface area contributed by atoms with E-state index in [2.05, 4.69) is 0 Å². The summed E-state index contributed by atoms with van der Waals surface area (Å²) in [6.45, 7) is 8.94. The molecule has 1 rings (SSSR count). The summed E-state index contributed by atoms with van der Waals surface area (Å²) in [4.78, 5) is 13.7. The van der Waals surface area contributed by atoms with Gasteiger partial charge in [-0.1, -0.05) is 6.92 Å². The van der Waals surface area contributed by atoms with Crippen LogP contribution in [0.5, 0.6) is 0 Å². The first-order chi connectivity index (χ1) is 8.72. The zero-order valence-electron chi connectivity index (χ0n) is 12.6. The van der Waals surface area contributed by atoms with Crippen molar-refractivity contribution < 1.29 is 14.6 Å². The maximum absolute atomic E-state index is 12.1. The van der Waals surface area contributed by atoms with Crippen LogP contribution >= 0.6 is 0 Å². The minimum Gasteiger partial charge on any atom is -0.444 e. The lowest BCUT2D eigenvalue weighted by atomic mass is 9.80. The zero-order chi connectivity index (χ0) is 14.7. The van der Waals surface area contributed by atoms with Crippen LogP contribution in [-0.4, -0.2) is 46.9 Å². The maximum atomic E-state index is 12.1. The Morgan fingerprint density at radius 2 is 2.11 bits per heavy atom. The molecule has 112 valence electrons. The van der Waals surface area contributed by atoms with E-state index in [1.165, 1.54) is 0 Å². The molecule has 1 saturated heterocycles. The molecule has 0 radical (unpaired) electrons. The standard InChI is InChI=1S/C14H28N2O3/c1-5-14(18,10-15)11-7-6-8-16(9-11)12(17)19-13(2,3)4/h11,18H,5-10,15H2,1-4H3/t11-,14-/m1/s1. The third-order valence-corrected chi connectivity index (χ3v) is 3.80. The number of rotatable bonds is 3. The molecular formula is C14H28N2O3. The highest BCUT2D eigenvalue weighted by atomic mass is 16.6. The topological polar surface area (TPSA) is 75.8 Å². The number of ether oxygens (including phenoxy) is 1. The molecule has 19 heavy (non-hydrogen) atoms. The van der Waals surface area contributed by atoms with Crippen LogP contribution in [0.3, 0.4) is 0 Å². The molecule has 1 amide bonds. The summed E-state index contributed by atoms with van der Waals surface area (Å²) in [5.74, 6) is 0.0313. The molecule has 2 atom stereocenters. The van der Waals surface area contributed by atoms with Crippen molar-refractivity contribution in [3.05, 3.63) is 0 Å². The lowest BCUT2D eigenvalue weighted by Crippen LogP contribution is -2.53. The molecule has 0 aromatic carbocycles. The zero-order valence-corrected chi connectivity index (χ0v) is 12.6. The number of amides is 1. The maximum Gasteiger partial charge on any atom is 0.410 e. The number of hydrogen-bond donors (Lipinski definition) is 2. The van der Waals surface area contributed by atoms with Crippen molar-refractivity contribution in [3.8, 4) is 0 Å². The molecule has 3 N–H and O–H groups in total. The number of nitrogens with zero attached hydrogens (tertiary/aromatic N) is 1. The van der Waals surface area contributed by atoms with Crippen molar-refractivity contribution in [2.24, 2.45) is 11.7 Å². The highest BCUT2D eigenvalue weighted by Gasteiger charge is 2.38. The number of carbonyl (C=O) groups excluding carboxylic acids is 1. The highest BCUT2D eigenvalue weighted by Crippen LogP contribution is 2.30. The van der Waals surface area contributed by atoms with Gasteiger partial charge in [0.15, 0.2) is 0 Å². The summed E-state index contributed by atoms with van der Waals surface area (Å²) in [5, 5.41) is 10.5. The van der Waals surface area contributed by atoms with E-state index in [1.54, 1.807) is 4.90 Å². The number of hydrogen-bond acceptors (Lipinski definition) is 4. The number of nitrogens with two attached hydrogens (primary N) is 1. The molecule has 0 aliphatic carbocycles. The largest absolute Gasteiger partial charge is 0.444 e. The van der Waals surface area contributed by atoms with Gasteiger partial charge >= 0.3 is 6.09 Å². The second kappa shape index (κ2) is 6.09. The molecular weight excluding hydrogens is 244 g/mol. The van der Waals surface area contributed by atoms with Gasteiger partial charge in [0.25, 0.3) is 0 Å². The Balaban J connectivity index is 2.67.